The van der Waals surface area contributed by atoms with Gasteiger partial charge in [0.05, 0.1) is 19.2 Å². The molecule has 0 bridgehead atoms. The summed E-state index contributed by atoms with van der Waals surface area (Å²) >= 11 is 0. The molecule has 1 aromatic carbocycles. The summed E-state index contributed by atoms with van der Waals surface area (Å²) in [4.78, 5) is 66.5. The summed E-state index contributed by atoms with van der Waals surface area (Å²) in [5.41, 5.74) is 0.893. The van der Waals surface area contributed by atoms with Crippen LogP contribution in [0.4, 0.5) is 0 Å². The number of allylic oxidation sites excluding steroid dienone is 1. The van der Waals surface area contributed by atoms with Gasteiger partial charge in [-0.05, 0) is 55.9 Å². The van der Waals surface area contributed by atoms with Crippen LogP contribution in [-0.4, -0.2) is 46.0 Å². The van der Waals surface area contributed by atoms with Crippen LogP contribution in [0.3, 0.4) is 0 Å². The molecule has 0 aliphatic carbocycles. The van der Waals surface area contributed by atoms with Crippen LogP contribution in [0.15, 0.2) is 59.5 Å². The first-order valence-electron chi connectivity index (χ1n) is 13.7. The molecule has 0 amide bonds. The Morgan fingerprint density at radius 2 is 1.78 bits per heavy atom. The third kappa shape index (κ3) is 14.7. The Morgan fingerprint density at radius 3 is 2.41 bits per heavy atom. The van der Waals surface area contributed by atoms with E-state index in [1.165, 1.54) is 10.6 Å². The van der Waals surface area contributed by atoms with E-state index in [1.807, 2.05) is 0 Å². The molecule has 0 aliphatic heterocycles. The maximum atomic E-state index is 13.3. The van der Waals surface area contributed by atoms with E-state index >= 15 is 0 Å². The maximum Gasteiger partial charge on any atom is 0.373 e. The normalized spacial score (nSPS) is 11.4. The highest BCUT2D eigenvalue weighted by molar-refractivity contribution is 5.86. The van der Waals surface area contributed by atoms with E-state index in [0.29, 0.717) is 37.3 Å². The van der Waals surface area contributed by atoms with Crippen LogP contribution in [0.1, 0.15) is 64.0 Å². The Balaban J connectivity index is 0.00000268. The molecule has 0 saturated carbocycles. The number of ketones is 2. The minimum absolute atomic E-state index is 0.000143. The number of aromatic hydroxyl groups is 1. The monoisotopic (exact) mass is 568 g/mol. The molecule has 0 unspecified atom stereocenters. The van der Waals surface area contributed by atoms with Gasteiger partial charge in [0.25, 0.3) is 5.56 Å². The first-order valence-corrected chi connectivity index (χ1v) is 13.7. The smallest absolute Gasteiger partial charge is 0.373 e. The number of esters is 1. The maximum absolute atomic E-state index is 13.3. The van der Waals surface area contributed by atoms with Crippen LogP contribution in [0, 0.1) is 5.92 Å². The molecule has 0 radical (unpaired) electrons. The summed E-state index contributed by atoms with van der Waals surface area (Å²) in [5, 5.41) is 12.8. The first-order chi connectivity index (χ1) is 19.6. The average Bonchev–Trinajstić information content (AvgIpc) is 2.91. The summed E-state index contributed by atoms with van der Waals surface area (Å²) in [7, 11) is 0. The van der Waals surface area contributed by atoms with Crippen molar-refractivity contribution in [2.45, 2.75) is 78.4 Å². The van der Waals surface area contributed by atoms with E-state index in [2.05, 4.69) is 19.2 Å². The quantitative estimate of drug-likeness (QED) is 0.216. The molecule has 2 rings (SSSR count). The molecule has 1 aromatic heterocycles. The molecule has 10 nitrogen and oxygen atoms in total. The van der Waals surface area contributed by atoms with Gasteiger partial charge in [-0.3, -0.25) is 14.4 Å². The number of aromatic nitrogens is 1. The summed E-state index contributed by atoms with van der Waals surface area (Å²) in [6.45, 7) is 6.63. The lowest BCUT2D eigenvalue weighted by atomic mass is 10.00. The van der Waals surface area contributed by atoms with Crippen molar-refractivity contribution in [1.82, 2.24) is 9.88 Å². The van der Waals surface area contributed by atoms with E-state index in [0.717, 1.165) is 18.4 Å². The predicted octanol–water partition coefficient (Wildman–Crippen LogP) is 3.54. The molecule has 41 heavy (non-hydrogen) atoms. The van der Waals surface area contributed by atoms with Crippen molar-refractivity contribution in [3.63, 3.8) is 0 Å². The number of Topliss-reactive ketones (excluding diaryl/α,β-unsaturated/α-hetero) is 2. The Kier molecular flexibility index (Phi) is 16.9. The van der Waals surface area contributed by atoms with Crippen molar-refractivity contribution in [3.05, 3.63) is 76.2 Å². The van der Waals surface area contributed by atoms with Gasteiger partial charge in [0.2, 0.25) is 0 Å². The summed E-state index contributed by atoms with van der Waals surface area (Å²) in [6.07, 6.45) is 7.83. The van der Waals surface area contributed by atoms with Gasteiger partial charge < -0.3 is 19.7 Å². The molecule has 0 spiro atoms. The summed E-state index contributed by atoms with van der Waals surface area (Å²) in [6, 6.07) is 9.42. The first kappa shape index (κ1) is 34.9. The average molecular weight is 569 g/mol. The SMILES string of the molecule is CCOC(=O)/C=C/CC[C@H](NCc1ccc(O)cc1)C(=O)Cc1cccn(CC(=O)CCCC(C)C)c1=O.O=C=O. The van der Waals surface area contributed by atoms with Gasteiger partial charge in [-0.15, -0.1) is 0 Å². The van der Waals surface area contributed by atoms with E-state index in [1.54, 1.807) is 55.6 Å². The van der Waals surface area contributed by atoms with Gasteiger partial charge in [-0.2, -0.15) is 9.59 Å². The number of hydrogen-bond acceptors (Lipinski definition) is 9. The van der Waals surface area contributed by atoms with Crippen LogP contribution in [0.2, 0.25) is 0 Å². The molecule has 10 heteroatoms. The second-order valence-corrected chi connectivity index (χ2v) is 9.85. The second-order valence-electron chi connectivity index (χ2n) is 9.85. The van der Waals surface area contributed by atoms with Crippen molar-refractivity contribution in [3.8, 4) is 5.75 Å². The predicted molar refractivity (Wildman–Crippen MR) is 152 cm³/mol. The number of carbonyl (C=O) groups excluding carboxylic acids is 5. The number of nitrogens with zero attached hydrogens (tertiary/aromatic N) is 1. The van der Waals surface area contributed by atoms with Crippen LogP contribution >= 0.6 is 0 Å². The number of hydrogen-bond donors (Lipinski definition) is 2. The van der Waals surface area contributed by atoms with Gasteiger partial charge in [0.1, 0.15) is 5.75 Å². The van der Waals surface area contributed by atoms with Gasteiger partial charge in [-0.1, -0.05) is 44.5 Å². The molecule has 0 fully saturated rings. The van der Waals surface area contributed by atoms with E-state index in [-0.39, 0.29) is 48.6 Å². The number of ether oxygens (including phenoxy) is 1. The molecule has 0 saturated heterocycles. The second kappa shape index (κ2) is 19.8. The van der Waals surface area contributed by atoms with Crippen molar-refractivity contribution in [2.75, 3.05) is 6.61 Å². The Labute approximate surface area is 240 Å². The third-order valence-corrected chi connectivity index (χ3v) is 6.09. The minimum Gasteiger partial charge on any atom is -0.508 e. The summed E-state index contributed by atoms with van der Waals surface area (Å²) < 4.78 is 6.26. The number of nitrogens with one attached hydrogen (secondary N) is 1. The van der Waals surface area contributed by atoms with E-state index in [4.69, 9.17) is 14.3 Å². The highest BCUT2D eigenvalue weighted by Gasteiger charge is 2.20. The van der Waals surface area contributed by atoms with Crippen LogP contribution in [0.25, 0.3) is 0 Å². The number of pyridine rings is 1. The molecule has 222 valence electrons. The topological polar surface area (TPSA) is 149 Å². The Morgan fingerprint density at radius 1 is 1.10 bits per heavy atom. The van der Waals surface area contributed by atoms with Crippen LogP contribution in [0.5, 0.6) is 5.75 Å². The molecule has 1 heterocycles. The summed E-state index contributed by atoms with van der Waals surface area (Å²) in [5.74, 6) is 0.0841. The lowest BCUT2D eigenvalue weighted by molar-refractivity contribution is -0.191. The Hall–Kier alpha value is -4.14. The van der Waals surface area contributed by atoms with Gasteiger partial charge in [-0.25, -0.2) is 4.79 Å². The lowest BCUT2D eigenvalue weighted by Crippen LogP contribution is -2.38. The van der Waals surface area contributed by atoms with Crippen molar-refractivity contribution in [1.29, 1.82) is 0 Å². The molecular formula is C31H40N2O8. The number of phenolic OH excluding ortho intramolecular Hbond substituents is 1. The lowest BCUT2D eigenvalue weighted by Gasteiger charge is -2.17. The molecule has 2 aromatic rings. The van der Waals surface area contributed by atoms with E-state index < -0.39 is 12.0 Å². The van der Waals surface area contributed by atoms with Crippen LogP contribution in [-0.2, 0) is 48.2 Å². The molecule has 2 N–H and O–H groups in total. The minimum atomic E-state index is -0.568. The number of carbonyl (C=O) groups is 3. The van der Waals surface area contributed by atoms with Crippen molar-refractivity contribution in [2.24, 2.45) is 5.92 Å². The molecule has 1 atom stereocenters. The van der Waals surface area contributed by atoms with Crippen LogP contribution < -0.4 is 10.9 Å². The zero-order valence-corrected chi connectivity index (χ0v) is 24.0. The molecule has 0 aliphatic rings. The zero-order chi connectivity index (χ0) is 30.6. The highest BCUT2D eigenvalue weighted by atomic mass is 16.5. The standard InChI is InChI=1S/C30H40N2O6.CO2/c1-4-38-29(36)13-6-5-12-27(31-20-23-14-16-25(33)17-15-23)28(35)19-24-10-8-18-32(30(24)37)21-26(34)11-7-9-22(2)3;2-1-3/h6,8,10,13-18,22,27,31,33H,4-5,7,9,11-12,19-21H2,1-3H3;/b13-6+;/t27-;/m0./s1. The van der Waals surface area contributed by atoms with Crippen molar-refractivity contribution >= 4 is 23.7 Å². The van der Waals surface area contributed by atoms with Gasteiger partial charge in [0, 0.05) is 37.2 Å². The number of rotatable bonds is 17. The zero-order valence-electron chi connectivity index (χ0n) is 24.0. The largest absolute Gasteiger partial charge is 0.508 e. The molecular weight excluding hydrogens is 528 g/mol. The fourth-order valence-electron chi connectivity index (χ4n) is 4.00. The number of benzene rings is 1. The third-order valence-electron chi connectivity index (χ3n) is 6.09. The fraction of sp³-hybridized carbons (Fsp3) is 0.452. The van der Waals surface area contributed by atoms with E-state index in [9.17, 15) is 24.3 Å². The number of phenols is 1. The van der Waals surface area contributed by atoms with Crippen molar-refractivity contribution < 1.29 is 33.8 Å². The highest BCUT2D eigenvalue weighted by Crippen LogP contribution is 2.12. The Bertz CT molecular complexity index is 1230. The van der Waals surface area contributed by atoms with Gasteiger partial charge >= 0.3 is 12.1 Å². The van der Waals surface area contributed by atoms with Gasteiger partial charge in [0.15, 0.2) is 11.6 Å². The fourth-order valence-corrected chi connectivity index (χ4v) is 4.00.